The third-order valence-electron chi connectivity index (χ3n) is 11.6. The minimum Gasteiger partial charge on any atom is -0.0804 e. The molecule has 0 N–H and O–H groups in total. The molecule has 5 aliphatic rings. The third-order valence-corrected chi connectivity index (χ3v) is 11.6. The van der Waals surface area contributed by atoms with Crippen molar-refractivity contribution in [2.45, 2.75) is 50.4 Å². The minimum absolute atomic E-state index is 0.125. The van der Waals surface area contributed by atoms with Gasteiger partial charge in [0.25, 0.3) is 0 Å². The molecule has 0 aliphatic heterocycles. The van der Waals surface area contributed by atoms with Crippen molar-refractivity contribution in [1.82, 2.24) is 0 Å². The van der Waals surface area contributed by atoms with Crippen molar-refractivity contribution in [2.75, 3.05) is 0 Å². The van der Waals surface area contributed by atoms with Crippen LogP contribution in [0.5, 0.6) is 0 Å². The van der Waals surface area contributed by atoms with Crippen LogP contribution in [0.1, 0.15) is 72.6 Å². The van der Waals surface area contributed by atoms with Gasteiger partial charge in [0.1, 0.15) is 0 Å². The summed E-state index contributed by atoms with van der Waals surface area (Å²) in [6.45, 7) is 0. The molecule has 0 aromatic heterocycles. The van der Waals surface area contributed by atoms with E-state index in [9.17, 15) is 0 Å². The highest BCUT2D eigenvalue weighted by Crippen LogP contribution is 2.69. The molecule has 1 saturated carbocycles. The first-order chi connectivity index (χ1) is 20.8. The lowest BCUT2D eigenvalue weighted by molar-refractivity contribution is 0.102. The molecule has 0 heterocycles. The summed E-state index contributed by atoms with van der Waals surface area (Å²) in [5, 5.41) is 0. The van der Waals surface area contributed by atoms with Crippen LogP contribution in [-0.4, -0.2) is 0 Å². The summed E-state index contributed by atoms with van der Waals surface area (Å²) in [7, 11) is 0. The second-order valence-corrected chi connectivity index (χ2v) is 13.2. The molecule has 0 nitrogen and oxygen atoms in total. The fraction of sp³-hybridized carbons (Fsp3) is 0.238. The summed E-state index contributed by atoms with van der Waals surface area (Å²) < 4.78 is 0. The Morgan fingerprint density at radius 2 is 0.714 bits per heavy atom. The fourth-order valence-corrected chi connectivity index (χ4v) is 9.87. The molecule has 0 spiro atoms. The van der Waals surface area contributed by atoms with Crippen molar-refractivity contribution in [3.63, 3.8) is 0 Å². The standard InChI is InChI=1S/C42H36/c1-2-14-29(13-1)41(39-35-21-9-5-17-31(35)32-18-6-10-22-36(32)39)25-27-42(28-26-41,30-15-3-4-16-30)40-37-23-11-7-19-33(37)34-20-8-12-24-38(34)40/h1-13,15,17-24,39-40H,14,16,25-28H2. The maximum absolute atomic E-state index is 2.48. The van der Waals surface area contributed by atoms with E-state index in [4.69, 9.17) is 0 Å². The van der Waals surface area contributed by atoms with Crippen LogP contribution in [0.3, 0.4) is 0 Å². The number of rotatable bonds is 4. The van der Waals surface area contributed by atoms with Crippen molar-refractivity contribution in [3.05, 3.63) is 167 Å². The molecule has 4 aromatic carbocycles. The maximum Gasteiger partial charge on any atom is 0.0195 e. The Labute approximate surface area is 249 Å². The first-order valence-corrected chi connectivity index (χ1v) is 15.9. The maximum atomic E-state index is 2.48. The Balaban J connectivity index is 1.21. The Morgan fingerprint density at radius 3 is 1.00 bits per heavy atom. The average molecular weight is 541 g/mol. The lowest BCUT2D eigenvalue weighted by Crippen LogP contribution is -2.43. The molecular formula is C42H36. The van der Waals surface area contributed by atoms with E-state index in [-0.39, 0.29) is 10.8 Å². The Bertz CT molecular complexity index is 1620. The normalized spacial score (nSPS) is 25.6. The van der Waals surface area contributed by atoms with Gasteiger partial charge >= 0.3 is 0 Å². The Kier molecular flexibility index (Phi) is 5.34. The molecule has 5 aliphatic carbocycles. The fourth-order valence-electron chi connectivity index (χ4n) is 9.87. The van der Waals surface area contributed by atoms with Crippen LogP contribution in [0.4, 0.5) is 0 Å². The summed E-state index contributed by atoms with van der Waals surface area (Å²) in [6.07, 6.45) is 21.4. The van der Waals surface area contributed by atoms with E-state index >= 15 is 0 Å². The van der Waals surface area contributed by atoms with Gasteiger partial charge in [0.05, 0.1) is 0 Å². The van der Waals surface area contributed by atoms with Gasteiger partial charge in [0, 0.05) is 22.7 Å². The predicted molar refractivity (Wildman–Crippen MR) is 174 cm³/mol. The number of allylic oxidation sites excluding steroid dienone is 8. The lowest BCUT2D eigenvalue weighted by Gasteiger charge is -2.54. The second kappa shape index (κ2) is 9.17. The molecular weight excluding hydrogens is 504 g/mol. The van der Waals surface area contributed by atoms with Crippen LogP contribution < -0.4 is 0 Å². The summed E-state index contributed by atoms with van der Waals surface area (Å²) in [5.74, 6) is 0.820. The van der Waals surface area contributed by atoms with E-state index in [1.54, 1.807) is 11.1 Å². The van der Waals surface area contributed by atoms with Crippen LogP contribution in [0.2, 0.25) is 0 Å². The Hall–Kier alpha value is -4.16. The second-order valence-electron chi connectivity index (χ2n) is 13.2. The molecule has 42 heavy (non-hydrogen) atoms. The topological polar surface area (TPSA) is 0 Å². The molecule has 9 rings (SSSR count). The highest BCUT2D eigenvalue weighted by molar-refractivity contribution is 5.81. The monoisotopic (exact) mass is 540 g/mol. The molecule has 0 radical (unpaired) electrons. The molecule has 0 heteroatoms. The minimum atomic E-state index is 0.125. The lowest BCUT2D eigenvalue weighted by atomic mass is 9.49. The summed E-state index contributed by atoms with van der Waals surface area (Å²) in [5.41, 5.74) is 15.5. The van der Waals surface area contributed by atoms with Crippen LogP contribution in [-0.2, 0) is 0 Å². The zero-order valence-corrected chi connectivity index (χ0v) is 24.1. The number of fused-ring (bicyclic) bond motifs is 6. The first kappa shape index (κ1) is 24.4. The van der Waals surface area contributed by atoms with Crippen molar-refractivity contribution < 1.29 is 0 Å². The van der Waals surface area contributed by atoms with Crippen molar-refractivity contribution >= 4 is 0 Å². The molecule has 1 fully saturated rings. The largest absolute Gasteiger partial charge is 0.0804 e. The summed E-state index contributed by atoms with van der Waals surface area (Å²) in [4.78, 5) is 0. The van der Waals surface area contributed by atoms with Gasteiger partial charge in [-0.3, -0.25) is 0 Å². The number of hydrogen-bond donors (Lipinski definition) is 0. The zero-order valence-electron chi connectivity index (χ0n) is 24.1. The average Bonchev–Trinajstić information content (AvgIpc) is 3.87. The molecule has 0 saturated heterocycles. The van der Waals surface area contributed by atoms with Gasteiger partial charge in [-0.05, 0) is 83.0 Å². The van der Waals surface area contributed by atoms with Gasteiger partial charge in [0.15, 0.2) is 0 Å². The van der Waals surface area contributed by atoms with Gasteiger partial charge in [-0.2, -0.15) is 0 Å². The van der Waals surface area contributed by atoms with Gasteiger partial charge < -0.3 is 0 Å². The Morgan fingerprint density at radius 1 is 0.405 bits per heavy atom. The smallest absolute Gasteiger partial charge is 0.0195 e. The SMILES string of the molecule is C1=CCC(C2(C3c4ccccc4-c4ccccc43)CCC(C3=CC=CC3)(C3c4ccccc4-c4ccccc43)CC2)=C1. The number of benzene rings is 4. The molecule has 0 atom stereocenters. The highest BCUT2D eigenvalue weighted by Gasteiger charge is 2.56. The highest BCUT2D eigenvalue weighted by atomic mass is 14.6. The van der Waals surface area contributed by atoms with E-state index < -0.39 is 0 Å². The molecule has 0 amide bonds. The van der Waals surface area contributed by atoms with Gasteiger partial charge in [-0.15, -0.1) is 0 Å². The molecule has 0 unspecified atom stereocenters. The summed E-state index contributed by atoms with van der Waals surface area (Å²) >= 11 is 0. The van der Waals surface area contributed by atoms with Crippen LogP contribution >= 0.6 is 0 Å². The van der Waals surface area contributed by atoms with Crippen molar-refractivity contribution in [1.29, 1.82) is 0 Å². The van der Waals surface area contributed by atoms with E-state index in [1.165, 1.54) is 70.2 Å². The third kappa shape index (κ3) is 3.24. The quantitative estimate of drug-likeness (QED) is 0.241. The van der Waals surface area contributed by atoms with E-state index in [0.29, 0.717) is 11.8 Å². The van der Waals surface area contributed by atoms with E-state index in [1.807, 2.05) is 0 Å². The van der Waals surface area contributed by atoms with Gasteiger partial charge in [-0.25, -0.2) is 0 Å². The van der Waals surface area contributed by atoms with Crippen LogP contribution in [0, 0.1) is 10.8 Å². The zero-order chi connectivity index (χ0) is 27.7. The van der Waals surface area contributed by atoms with E-state index in [0.717, 1.165) is 12.8 Å². The van der Waals surface area contributed by atoms with Crippen molar-refractivity contribution in [3.8, 4) is 22.3 Å². The number of hydrogen-bond acceptors (Lipinski definition) is 0. The van der Waals surface area contributed by atoms with Crippen LogP contribution in [0.25, 0.3) is 22.3 Å². The predicted octanol–water partition coefficient (Wildman–Crippen LogP) is 10.9. The van der Waals surface area contributed by atoms with Gasteiger partial charge in [0.2, 0.25) is 0 Å². The molecule has 4 aromatic rings. The van der Waals surface area contributed by atoms with Crippen LogP contribution in [0.15, 0.2) is 145 Å². The molecule has 0 bridgehead atoms. The van der Waals surface area contributed by atoms with Gasteiger partial charge in [-0.1, -0.05) is 145 Å². The van der Waals surface area contributed by atoms with E-state index in [2.05, 4.69) is 134 Å². The van der Waals surface area contributed by atoms with Crippen molar-refractivity contribution in [2.24, 2.45) is 10.8 Å². The summed E-state index contributed by atoms with van der Waals surface area (Å²) in [6, 6.07) is 37.1. The molecule has 204 valence electrons. The first-order valence-electron chi connectivity index (χ1n) is 15.9.